The van der Waals surface area contributed by atoms with E-state index in [2.05, 4.69) is 18.3 Å². The smallest absolute Gasteiger partial charge is 0.142 e. The molecule has 2 aliphatic carbocycles. The first-order valence-electron chi connectivity index (χ1n) is 7.90. The van der Waals surface area contributed by atoms with Crippen LogP contribution >= 0.6 is 11.6 Å². The van der Waals surface area contributed by atoms with Crippen LogP contribution in [0.2, 0.25) is 5.02 Å². The summed E-state index contributed by atoms with van der Waals surface area (Å²) in [5.41, 5.74) is 1.20. The lowest BCUT2D eigenvalue weighted by Gasteiger charge is -2.28. The van der Waals surface area contributed by atoms with Crippen molar-refractivity contribution in [3.05, 3.63) is 28.8 Å². The van der Waals surface area contributed by atoms with Gasteiger partial charge in [0.05, 0.1) is 11.1 Å². The fourth-order valence-electron chi connectivity index (χ4n) is 3.02. The fraction of sp³-hybridized carbons (Fsp3) is 0.647. The van der Waals surface area contributed by atoms with Crippen molar-refractivity contribution in [1.82, 2.24) is 5.32 Å². The molecule has 0 aromatic heterocycles. The standard InChI is InChI=1S/C17H24ClNO/c1-12-4-2-6-15(10-12)20-17-13(5-3-7-16(17)18)11-19-14-8-9-14/h3,5,7,12,14-15,19H,2,4,6,8-11H2,1H3. The zero-order chi connectivity index (χ0) is 13.9. The van der Waals surface area contributed by atoms with Crippen molar-refractivity contribution >= 4 is 11.6 Å². The zero-order valence-corrected chi connectivity index (χ0v) is 13.0. The summed E-state index contributed by atoms with van der Waals surface area (Å²) in [6.45, 7) is 3.18. The number of rotatable bonds is 5. The van der Waals surface area contributed by atoms with Crippen LogP contribution in [-0.4, -0.2) is 12.1 Å². The van der Waals surface area contributed by atoms with Gasteiger partial charge in [0.25, 0.3) is 0 Å². The third kappa shape index (κ3) is 3.67. The molecule has 0 radical (unpaired) electrons. The Morgan fingerprint density at radius 1 is 1.25 bits per heavy atom. The number of halogens is 1. The van der Waals surface area contributed by atoms with E-state index in [-0.39, 0.29) is 0 Å². The predicted molar refractivity (Wildman–Crippen MR) is 83.4 cm³/mol. The first kappa shape index (κ1) is 14.2. The van der Waals surface area contributed by atoms with Gasteiger partial charge in [-0.05, 0) is 44.1 Å². The second-order valence-electron chi connectivity index (χ2n) is 6.39. The molecule has 0 bridgehead atoms. The van der Waals surface area contributed by atoms with Crippen molar-refractivity contribution in [1.29, 1.82) is 0 Å². The maximum Gasteiger partial charge on any atom is 0.142 e. The van der Waals surface area contributed by atoms with Gasteiger partial charge >= 0.3 is 0 Å². The number of hydrogen-bond acceptors (Lipinski definition) is 2. The summed E-state index contributed by atoms with van der Waals surface area (Å²) in [4.78, 5) is 0. The van der Waals surface area contributed by atoms with Gasteiger partial charge < -0.3 is 10.1 Å². The van der Waals surface area contributed by atoms with Crippen molar-refractivity contribution in [2.75, 3.05) is 0 Å². The molecule has 2 aliphatic rings. The maximum absolute atomic E-state index is 6.36. The van der Waals surface area contributed by atoms with E-state index in [0.717, 1.165) is 36.1 Å². The highest BCUT2D eigenvalue weighted by Gasteiger charge is 2.24. The van der Waals surface area contributed by atoms with Gasteiger partial charge in [0.15, 0.2) is 0 Å². The average molecular weight is 294 g/mol. The highest BCUT2D eigenvalue weighted by Crippen LogP contribution is 2.34. The van der Waals surface area contributed by atoms with Crippen molar-refractivity contribution in [2.24, 2.45) is 5.92 Å². The Kier molecular flexibility index (Phi) is 4.52. The van der Waals surface area contributed by atoms with Crippen LogP contribution in [-0.2, 0) is 6.54 Å². The first-order valence-corrected chi connectivity index (χ1v) is 8.27. The molecular weight excluding hydrogens is 270 g/mol. The largest absolute Gasteiger partial charge is 0.489 e. The molecule has 0 amide bonds. The minimum atomic E-state index is 0.332. The molecule has 0 aliphatic heterocycles. The van der Waals surface area contributed by atoms with Gasteiger partial charge in [-0.2, -0.15) is 0 Å². The molecule has 0 heterocycles. The Labute approximate surface area is 126 Å². The molecular formula is C17H24ClNO. The molecule has 110 valence electrons. The van der Waals surface area contributed by atoms with Crippen molar-refractivity contribution in [3.8, 4) is 5.75 Å². The zero-order valence-electron chi connectivity index (χ0n) is 12.2. The topological polar surface area (TPSA) is 21.3 Å². The van der Waals surface area contributed by atoms with Crippen LogP contribution in [0.1, 0.15) is 51.0 Å². The van der Waals surface area contributed by atoms with Gasteiger partial charge in [-0.25, -0.2) is 0 Å². The lowest BCUT2D eigenvalue weighted by Crippen LogP contribution is -2.25. The Morgan fingerprint density at radius 2 is 2.10 bits per heavy atom. The molecule has 1 N–H and O–H groups in total. The number of nitrogens with one attached hydrogen (secondary N) is 1. The summed E-state index contributed by atoms with van der Waals surface area (Å²) in [6, 6.07) is 6.78. The van der Waals surface area contributed by atoms with E-state index in [9.17, 15) is 0 Å². The highest BCUT2D eigenvalue weighted by atomic mass is 35.5. The Morgan fingerprint density at radius 3 is 2.85 bits per heavy atom. The Bertz CT molecular complexity index is 458. The summed E-state index contributed by atoms with van der Waals surface area (Å²) in [6.07, 6.45) is 7.85. The second kappa shape index (κ2) is 6.36. The molecule has 20 heavy (non-hydrogen) atoms. The molecule has 1 aromatic carbocycles. The van der Waals surface area contributed by atoms with Crippen molar-refractivity contribution < 1.29 is 4.74 Å². The van der Waals surface area contributed by atoms with Crippen LogP contribution in [0.25, 0.3) is 0 Å². The first-order chi connectivity index (χ1) is 9.72. The molecule has 2 unspecified atom stereocenters. The summed E-state index contributed by atoms with van der Waals surface area (Å²) < 4.78 is 6.27. The lowest BCUT2D eigenvalue weighted by atomic mass is 9.88. The SMILES string of the molecule is CC1CCCC(Oc2c(Cl)cccc2CNC2CC2)C1. The number of benzene rings is 1. The van der Waals surface area contributed by atoms with Crippen LogP contribution in [0.5, 0.6) is 5.75 Å². The lowest BCUT2D eigenvalue weighted by molar-refractivity contribution is 0.128. The second-order valence-corrected chi connectivity index (χ2v) is 6.80. The molecule has 3 heteroatoms. The Hall–Kier alpha value is -0.730. The van der Waals surface area contributed by atoms with Gasteiger partial charge in [0.2, 0.25) is 0 Å². The molecule has 0 saturated heterocycles. The van der Waals surface area contributed by atoms with Crippen molar-refractivity contribution in [2.45, 2.75) is 64.1 Å². The minimum Gasteiger partial charge on any atom is -0.489 e. The monoisotopic (exact) mass is 293 g/mol. The predicted octanol–water partition coefficient (Wildman–Crippen LogP) is 4.55. The summed E-state index contributed by atoms with van der Waals surface area (Å²) in [5, 5.41) is 4.30. The number of hydrogen-bond donors (Lipinski definition) is 1. The van der Waals surface area contributed by atoms with Crippen molar-refractivity contribution in [3.63, 3.8) is 0 Å². The third-order valence-electron chi connectivity index (χ3n) is 4.38. The van der Waals surface area contributed by atoms with E-state index in [0.29, 0.717) is 12.1 Å². The molecule has 2 fully saturated rings. The molecule has 0 spiro atoms. The summed E-state index contributed by atoms with van der Waals surface area (Å²) in [7, 11) is 0. The number of ether oxygens (including phenoxy) is 1. The van der Waals surface area contributed by atoms with Gasteiger partial charge in [0, 0.05) is 18.2 Å². The molecule has 2 atom stereocenters. The van der Waals surface area contributed by atoms with Crippen LogP contribution in [0.4, 0.5) is 0 Å². The van der Waals surface area contributed by atoms with Gasteiger partial charge in [-0.3, -0.25) is 0 Å². The van der Waals surface area contributed by atoms with E-state index < -0.39 is 0 Å². The van der Waals surface area contributed by atoms with Gasteiger partial charge in [-0.15, -0.1) is 0 Å². The van der Waals surface area contributed by atoms with Crippen LogP contribution in [0.15, 0.2) is 18.2 Å². The maximum atomic E-state index is 6.36. The van der Waals surface area contributed by atoms with Crippen LogP contribution in [0, 0.1) is 5.92 Å². The fourth-order valence-corrected chi connectivity index (χ4v) is 3.26. The molecule has 2 saturated carbocycles. The van der Waals surface area contributed by atoms with Crippen LogP contribution in [0.3, 0.4) is 0 Å². The quantitative estimate of drug-likeness (QED) is 0.860. The van der Waals surface area contributed by atoms with E-state index in [1.807, 2.05) is 12.1 Å². The minimum absolute atomic E-state index is 0.332. The molecule has 1 aromatic rings. The van der Waals surface area contributed by atoms with E-state index in [1.165, 1.54) is 31.2 Å². The van der Waals surface area contributed by atoms with Gasteiger partial charge in [-0.1, -0.05) is 37.1 Å². The van der Waals surface area contributed by atoms with E-state index >= 15 is 0 Å². The van der Waals surface area contributed by atoms with E-state index in [1.54, 1.807) is 0 Å². The molecule has 3 rings (SSSR count). The van der Waals surface area contributed by atoms with E-state index in [4.69, 9.17) is 16.3 Å². The highest BCUT2D eigenvalue weighted by molar-refractivity contribution is 6.32. The Balaban J connectivity index is 1.69. The summed E-state index contributed by atoms with van der Waals surface area (Å²) >= 11 is 6.36. The van der Waals surface area contributed by atoms with Gasteiger partial charge in [0.1, 0.15) is 5.75 Å². The van der Waals surface area contributed by atoms with Crippen LogP contribution < -0.4 is 10.1 Å². The third-order valence-corrected chi connectivity index (χ3v) is 4.68. The normalized spacial score (nSPS) is 26.5. The molecule has 2 nitrogen and oxygen atoms in total. The average Bonchev–Trinajstić information content (AvgIpc) is 3.24. The number of para-hydroxylation sites is 1. The summed E-state index contributed by atoms with van der Waals surface area (Å²) in [5.74, 6) is 1.67.